The summed E-state index contributed by atoms with van der Waals surface area (Å²) in [4.78, 5) is 0. The molecule has 0 radical (unpaired) electrons. The number of aryl methyl sites for hydroxylation is 1. The Bertz CT molecular complexity index is 3310. The zero-order chi connectivity index (χ0) is 33.9. The minimum absolute atomic E-state index is 1.06. The summed E-state index contributed by atoms with van der Waals surface area (Å²) < 4.78 is 10.4. The van der Waals surface area contributed by atoms with Crippen molar-refractivity contribution in [3.8, 4) is 22.5 Å². The summed E-state index contributed by atoms with van der Waals surface area (Å²) in [5.74, 6) is 0. The first-order valence-corrected chi connectivity index (χ1v) is 19.6. The molecule has 4 heteroatoms. The number of fused-ring (bicyclic) bond motifs is 14. The van der Waals surface area contributed by atoms with E-state index in [2.05, 4.69) is 167 Å². The molecule has 4 heterocycles. The van der Waals surface area contributed by atoms with Crippen LogP contribution in [-0.4, -0.2) is 9.13 Å². The van der Waals surface area contributed by atoms with E-state index in [1.165, 1.54) is 107 Å². The summed E-state index contributed by atoms with van der Waals surface area (Å²) in [7, 11) is 0. The third-order valence-electron chi connectivity index (χ3n) is 11.2. The molecule has 0 unspecified atom stereocenters. The van der Waals surface area contributed by atoms with Crippen molar-refractivity contribution in [2.75, 3.05) is 0 Å². The quantitative estimate of drug-likeness (QED) is 0.174. The molecule has 0 bridgehead atoms. The largest absolute Gasteiger partial charge is 0.309 e. The van der Waals surface area contributed by atoms with Crippen molar-refractivity contribution in [3.63, 3.8) is 0 Å². The molecule has 0 aliphatic heterocycles. The smallest absolute Gasteiger partial charge is 0.0634 e. The first-order chi connectivity index (χ1) is 25.8. The predicted octanol–water partition coefficient (Wildman–Crippen LogP) is 14.1. The second kappa shape index (κ2) is 10.8. The third-order valence-corrected chi connectivity index (χ3v) is 13.5. The zero-order valence-electron chi connectivity index (χ0n) is 28.1. The van der Waals surface area contributed by atoms with Crippen LogP contribution in [0.25, 0.3) is 102 Å². The topological polar surface area (TPSA) is 9.86 Å². The van der Waals surface area contributed by atoms with Gasteiger partial charge in [0, 0.05) is 73.4 Å². The van der Waals surface area contributed by atoms with Crippen LogP contribution in [0.15, 0.2) is 152 Å². The van der Waals surface area contributed by atoms with Crippen LogP contribution < -0.4 is 0 Å². The molecule has 0 N–H and O–H groups in total. The average Bonchev–Trinajstić information content (AvgIpc) is 3.95. The van der Waals surface area contributed by atoms with Crippen LogP contribution in [0.5, 0.6) is 0 Å². The highest BCUT2D eigenvalue weighted by molar-refractivity contribution is 7.26. The van der Waals surface area contributed by atoms with E-state index in [1.54, 1.807) is 0 Å². The second-order valence-electron chi connectivity index (χ2n) is 13.9. The van der Waals surface area contributed by atoms with E-state index in [1.807, 2.05) is 22.7 Å². The van der Waals surface area contributed by atoms with Crippen LogP contribution in [0.1, 0.15) is 17.7 Å². The van der Waals surface area contributed by atoms with Gasteiger partial charge >= 0.3 is 0 Å². The fourth-order valence-electron chi connectivity index (χ4n) is 9.04. The maximum atomic E-state index is 2.55. The van der Waals surface area contributed by atoms with Gasteiger partial charge in [-0.25, -0.2) is 0 Å². The van der Waals surface area contributed by atoms with E-state index in [9.17, 15) is 0 Å². The summed E-state index contributed by atoms with van der Waals surface area (Å²) in [5.41, 5.74) is 11.4. The number of nitrogens with zero attached hydrogens (tertiary/aromatic N) is 2. The maximum absolute atomic E-state index is 2.55. The SMILES string of the molecule is C1=Cc2c(c3ccc4sc5ccccc5c4c3n2-c2cccc(-c3ccccc3-n3c4ccccc4c4ccc5sc6ccccc6c5c43)c2)CC1. The van der Waals surface area contributed by atoms with E-state index < -0.39 is 0 Å². The highest BCUT2D eigenvalue weighted by Crippen LogP contribution is 2.46. The Morgan fingerprint density at radius 1 is 0.481 bits per heavy atom. The lowest BCUT2D eigenvalue weighted by Crippen LogP contribution is -2.01. The predicted molar refractivity (Wildman–Crippen MR) is 226 cm³/mol. The Hall–Kier alpha value is -5.94. The van der Waals surface area contributed by atoms with E-state index in [0.29, 0.717) is 0 Å². The summed E-state index contributed by atoms with van der Waals surface area (Å²) in [6.45, 7) is 0. The highest BCUT2D eigenvalue weighted by atomic mass is 32.1. The minimum Gasteiger partial charge on any atom is -0.309 e. The van der Waals surface area contributed by atoms with Crippen molar-refractivity contribution in [3.05, 3.63) is 163 Å². The first kappa shape index (κ1) is 28.7. The van der Waals surface area contributed by atoms with Gasteiger partial charge in [0.15, 0.2) is 0 Å². The minimum atomic E-state index is 1.06. The number of aromatic nitrogens is 2. The molecule has 11 aromatic rings. The van der Waals surface area contributed by atoms with E-state index in [-0.39, 0.29) is 0 Å². The van der Waals surface area contributed by atoms with Crippen molar-refractivity contribution >= 4 is 102 Å². The van der Waals surface area contributed by atoms with Crippen molar-refractivity contribution in [1.82, 2.24) is 9.13 Å². The van der Waals surface area contributed by atoms with Crippen LogP contribution >= 0.6 is 22.7 Å². The molecule has 0 atom stereocenters. The normalized spacial score (nSPS) is 13.2. The standard InChI is InChI=1S/C48H30N2S2/c1-6-19-38(50-40-21-8-3-16-33(40)35-25-27-44-46(48(35)50)37-18-5-10-23-42(37)52-44)31(14-1)29-12-11-13-30(28-29)49-39-20-7-2-15-32(39)34-24-26-43-45(47(34)49)36-17-4-9-22-41(36)51-43/h1,3-14,16-28H,2,15H2. The number of hydrogen-bond donors (Lipinski definition) is 0. The van der Waals surface area contributed by atoms with Crippen molar-refractivity contribution in [2.45, 2.75) is 12.8 Å². The number of hydrogen-bond acceptors (Lipinski definition) is 2. The molecule has 0 saturated carbocycles. The number of rotatable bonds is 3. The van der Waals surface area contributed by atoms with Gasteiger partial charge in [-0.2, -0.15) is 0 Å². The third kappa shape index (κ3) is 3.88. The van der Waals surface area contributed by atoms with E-state index in [0.717, 1.165) is 12.8 Å². The maximum Gasteiger partial charge on any atom is 0.0634 e. The van der Waals surface area contributed by atoms with Gasteiger partial charge < -0.3 is 9.13 Å². The van der Waals surface area contributed by atoms with Gasteiger partial charge in [-0.05, 0) is 78.6 Å². The molecule has 7 aromatic carbocycles. The van der Waals surface area contributed by atoms with E-state index in [4.69, 9.17) is 0 Å². The lowest BCUT2D eigenvalue weighted by atomic mass is 10.00. The lowest BCUT2D eigenvalue weighted by molar-refractivity contribution is 0.968. The Kier molecular flexibility index (Phi) is 5.96. The number of thiophene rings is 2. The zero-order valence-corrected chi connectivity index (χ0v) is 29.8. The molecule has 2 nitrogen and oxygen atoms in total. The van der Waals surface area contributed by atoms with Gasteiger partial charge in [0.05, 0.1) is 22.2 Å². The molecular formula is C48H30N2S2. The Morgan fingerprint density at radius 2 is 1.13 bits per heavy atom. The van der Waals surface area contributed by atoms with Gasteiger partial charge in [0.2, 0.25) is 0 Å². The summed E-state index contributed by atoms with van der Waals surface area (Å²) in [5, 5.41) is 9.31. The van der Waals surface area contributed by atoms with Crippen molar-refractivity contribution in [2.24, 2.45) is 0 Å². The molecule has 0 spiro atoms. The monoisotopic (exact) mass is 698 g/mol. The number of allylic oxidation sites excluding steroid dienone is 1. The van der Waals surface area contributed by atoms with Crippen LogP contribution in [0.2, 0.25) is 0 Å². The van der Waals surface area contributed by atoms with Gasteiger partial charge in [0.25, 0.3) is 0 Å². The fourth-order valence-corrected chi connectivity index (χ4v) is 11.3. The lowest BCUT2D eigenvalue weighted by Gasteiger charge is -2.17. The molecule has 1 aliphatic carbocycles. The van der Waals surface area contributed by atoms with Crippen LogP contribution in [0.3, 0.4) is 0 Å². The van der Waals surface area contributed by atoms with Gasteiger partial charge in [-0.15, -0.1) is 22.7 Å². The molecule has 0 amide bonds. The summed E-state index contributed by atoms with van der Waals surface area (Å²) >= 11 is 3.78. The number of para-hydroxylation sites is 2. The molecular weight excluding hydrogens is 669 g/mol. The molecule has 12 rings (SSSR count). The molecule has 52 heavy (non-hydrogen) atoms. The Labute approximate surface area is 307 Å². The van der Waals surface area contributed by atoms with E-state index >= 15 is 0 Å². The molecule has 244 valence electrons. The Balaban J connectivity index is 1.15. The summed E-state index contributed by atoms with van der Waals surface area (Å²) in [6.07, 6.45) is 6.84. The van der Waals surface area contributed by atoms with Crippen molar-refractivity contribution in [1.29, 1.82) is 0 Å². The van der Waals surface area contributed by atoms with Gasteiger partial charge in [-0.1, -0.05) is 103 Å². The fraction of sp³-hybridized carbons (Fsp3) is 0.0417. The molecule has 0 fully saturated rings. The molecule has 1 aliphatic rings. The van der Waals surface area contributed by atoms with Crippen LogP contribution in [0, 0.1) is 0 Å². The molecule has 0 saturated heterocycles. The Morgan fingerprint density at radius 3 is 1.92 bits per heavy atom. The summed E-state index contributed by atoms with van der Waals surface area (Å²) in [6, 6.07) is 54.2. The second-order valence-corrected chi connectivity index (χ2v) is 16.1. The van der Waals surface area contributed by atoms with Crippen molar-refractivity contribution < 1.29 is 0 Å². The number of benzene rings is 7. The van der Waals surface area contributed by atoms with Crippen LogP contribution in [-0.2, 0) is 6.42 Å². The van der Waals surface area contributed by atoms with Gasteiger partial charge in [0.1, 0.15) is 0 Å². The van der Waals surface area contributed by atoms with Gasteiger partial charge in [-0.3, -0.25) is 0 Å². The molecule has 4 aromatic heterocycles. The van der Waals surface area contributed by atoms with Crippen LogP contribution in [0.4, 0.5) is 0 Å². The average molecular weight is 699 g/mol. The highest BCUT2D eigenvalue weighted by Gasteiger charge is 2.24. The first-order valence-electron chi connectivity index (χ1n) is 18.0.